The van der Waals surface area contributed by atoms with Gasteiger partial charge in [-0.05, 0) is 24.6 Å². The molecule has 2 fully saturated rings. The van der Waals surface area contributed by atoms with Crippen LogP contribution in [0.4, 0.5) is 0 Å². The van der Waals surface area contributed by atoms with E-state index in [1.807, 2.05) is 6.92 Å². The Bertz CT molecular complexity index is 328. The number of ether oxygens (including phenoxy) is 1. The third-order valence-electron chi connectivity index (χ3n) is 4.50. The Kier molecular flexibility index (Phi) is 3.04. The van der Waals surface area contributed by atoms with Crippen LogP contribution in [0.15, 0.2) is 0 Å². The molecule has 1 heterocycles. The number of fused-ring (bicyclic) bond motifs is 1. The summed E-state index contributed by atoms with van der Waals surface area (Å²) in [4.78, 5) is 11.7. The van der Waals surface area contributed by atoms with Gasteiger partial charge in [-0.1, -0.05) is 27.7 Å². The highest BCUT2D eigenvalue weighted by Gasteiger charge is 2.57. The van der Waals surface area contributed by atoms with Crippen LogP contribution in [0.1, 0.15) is 34.1 Å². The average Bonchev–Trinajstić information content (AvgIpc) is 2.91. The van der Waals surface area contributed by atoms with Crippen LogP contribution in [0, 0.1) is 5.92 Å². The summed E-state index contributed by atoms with van der Waals surface area (Å²) in [6, 6.07) is 0. The van der Waals surface area contributed by atoms with Crippen molar-refractivity contribution >= 4 is 14.1 Å². The van der Waals surface area contributed by atoms with E-state index in [0.29, 0.717) is 0 Å². The normalized spacial score (nSPS) is 37.9. The summed E-state index contributed by atoms with van der Waals surface area (Å²) in [7, 11) is -1.75. The van der Waals surface area contributed by atoms with E-state index in [1.54, 1.807) is 0 Å². The first-order valence-electron chi connectivity index (χ1n) is 6.50. The minimum absolute atomic E-state index is 0.0489. The van der Waals surface area contributed by atoms with Crippen LogP contribution >= 0.6 is 0 Å². The van der Waals surface area contributed by atoms with Crippen LogP contribution in [0.3, 0.4) is 0 Å². The first-order chi connectivity index (χ1) is 7.63. The van der Waals surface area contributed by atoms with E-state index in [1.165, 1.54) is 0 Å². The lowest BCUT2D eigenvalue weighted by Gasteiger charge is -2.40. The Hall–Kier alpha value is -0.193. The Balaban J connectivity index is 2.04. The number of hydrogen-bond acceptors (Lipinski definition) is 3. The van der Waals surface area contributed by atoms with Crippen molar-refractivity contribution in [3.05, 3.63) is 0 Å². The molecular formula is C13H24O3Si. The number of carbonyl (C=O) groups is 1. The zero-order valence-corrected chi connectivity index (χ0v) is 12.7. The molecule has 0 N–H and O–H groups in total. The Morgan fingerprint density at radius 1 is 1.35 bits per heavy atom. The summed E-state index contributed by atoms with van der Waals surface area (Å²) in [5.74, 6) is 0.360. The van der Waals surface area contributed by atoms with Crippen molar-refractivity contribution in [3.63, 3.8) is 0 Å². The van der Waals surface area contributed by atoms with Gasteiger partial charge in [0.25, 0.3) is 0 Å². The number of ketones is 1. The predicted octanol–water partition coefficient (Wildman–Crippen LogP) is 2.75. The monoisotopic (exact) mass is 256 g/mol. The average molecular weight is 256 g/mol. The Labute approximate surface area is 105 Å². The van der Waals surface area contributed by atoms with Crippen LogP contribution in [0.2, 0.25) is 18.1 Å². The number of hydrogen-bond donors (Lipinski definition) is 0. The zero-order valence-electron chi connectivity index (χ0n) is 11.7. The van der Waals surface area contributed by atoms with Gasteiger partial charge in [-0.2, -0.15) is 0 Å². The lowest BCUT2D eigenvalue weighted by molar-refractivity contribution is -0.125. The van der Waals surface area contributed by atoms with Crippen molar-refractivity contribution < 1.29 is 14.0 Å². The van der Waals surface area contributed by atoms with Crippen molar-refractivity contribution in [1.82, 2.24) is 0 Å². The molecule has 1 aliphatic heterocycles. The maximum atomic E-state index is 11.7. The maximum Gasteiger partial charge on any atom is 0.192 e. The van der Waals surface area contributed by atoms with Crippen molar-refractivity contribution in [2.75, 3.05) is 0 Å². The second kappa shape index (κ2) is 3.90. The topological polar surface area (TPSA) is 38.8 Å². The van der Waals surface area contributed by atoms with Crippen LogP contribution in [0.5, 0.6) is 0 Å². The zero-order chi connectivity index (χ0) is 13.0. The molecule has 0 aromatic rings. The second-order valence-corrected chi connectivity index (χ2v) is 11.7. The summed E-state index contributed by atoms with van der Waals surface area (Å²) in [5.41, 5.74) is 0. The molecular weight excluding hydrogens is 232 g/mol. The number of carbonyl (C=O) groups excluding carboxylic acids is 1. The fraction of sp³-hybridized carbons (Fsp3) is 0.923. The molecule has 2 rings (SSSR count). The maximum absolute atomic E-state index is 11.7. The van der Waals surface area contributed by atoms with Crippen molar-refractivity contribution in [1.29, 1.82) is 0 Å². The molecule has 1 aliphatic carbocycles. The van der Waals surface area contributed by atoms with Crippen LogP contribution in [0.25, 0.3) is 0 Å². The molecule has 0 radical (unpaired) electrons. The quantitative estimate of drug-likeness (QED) is 0.563. The number of Topliss-reactive ketones (excluding diaryl/α,β-unsaturated/α-hetero) is 1. The minimum atomic E-state index is -1.75. The molecule has 17 heavy (non-hydrogen) atoms. The second-order valence-electron chi connectivity index (χ2n) is 6.98. The van der Waals surface area contributed by atoms with Gasteiger partial charge in [0.1, 0.15) is 12.2 Å². The molecule has 0 aromatic heterocycles. The Morgan fingerprint density at radius 3 is 2.47 bits per heavy atom. The summed E-state index contributed by atoms with van der Waals surface area (Å²) < 4.78 is 11.9. The fourth-order valence-electron chi connectivity index (χ4n) is 2.19. The predicted molar refractivity (Wildman–Crippen MR) is 69.5 cm³/mol. The molecule has 4 atom stereocenters. The molecule has 0 aromatic carbocycles. The highest BCUT2D eigenvalue weighted by Crippen LogP contribution is 2.44. The summed E-state index contributed by atoms with van der Waals surface area (Å²) in [6.07, 6.45) is 0.849. The molecule has 2 aliphatic rings. The summed E-state index contributed by atoms with van der Waals surface area (Å²) in [6.45, 7) is 13.2. The Morgan fingerprint density at radius 2 is 1.94 bits per heavy atom. The summed E-state index contributed by atoms with van der Waals surface area (Å²) in [5, 5.41) is 0.210. The molecule has 0 bridgehead atoms. The van der Waals surface area contributed by atoms with Gasteiger partial charge in [0.05, 0.1) is 6.10 Å². The molecule has 0 amide bonds. The third kappa shape index (κ3) is 2.35. The largest absolute Gasteiger partial charge is 0.411 e. The van der Waals surface area contributed by atoms with Gasteiger partial charge in [0.2, 0.25) is 0 Å². The molecule has 98 valence electrons. The molecule has 0 unspecified atom stereocenters. The van der Waals surface area contributed by atoms with E-state index >= 15 is 0 Å². The van der Waals surface area contributed by atoms with Gasteiger partial charge in [0.15, 0.2) is 14.1 Å². The molecule has 3 nitrogen and oxygen atoms in total. The smallest absolute Gasteiger partial charge is 0.192 e. The third-order valence-corrected chi connectivity index (χ3v) is 9.00. The molecule has 4 heteroatoms. The van der Waals surface area contributed by atoms with Crippen molar-refractivity contribution in [2.45, 2.75) is 70.6 Å². The van der Waals surface area contributed by atoms with E-state index < -0.39 is 8.32 Å². The molecule has 0 spiro atoms. The van der Waals surface area contributed by atoms with Gasteiger partial charge in [-0.3, -0.25) is 4.79 Å². The lowest BCUT2D eigenvalue weighted by atomic mass is 9.88. The van der Waals surface area contributed by atoms with Gasteiger partial charge in [-0.15, -0.1) is 0 Å². The van der Waals surface area contributed by atoms with Crippen LogP contribution in [-0.4, -0.2) is 32.4 Å². The van der Waals surface area contributed by atoms with Crippen molar-refractivity contribution in [2.24, 2.45) is 5.92 Å². The first kappa shape index (κ1) is 13.2. The van der Waals surface area contributed by atoms with Gasteiger partial charge in [0, 0.05) is 5.92 Å². The van der Waals surface area contributed by atoms with Gasteiger partial charge in [-0.25, -0.2) is 0 Å². The standard InChI is InChI=1S/C13H24O3Si/c1-8-7-9(11-12(15-11)10(8)14)16-17(5,6)13(2,3)4/h8-9,11-12H,7H2,1-6H3/t8-,9+,11-,12+/m0/s1. The van der Waals surface area contributed by atoms with Gasteiger partial charge >= 0.3 is 0 Å². The van der Waals surface area contributed by atoms with E-state index in [9.17, 15) is 4.79 Å². The minimum Gasteiger partial charge on any atom is -0.411 e. The molecule has 1 saturated heterocycles. The van der Waals surface area contributed by atoms with E-state index in [4.69, 9.17) is 9.16 Å². The summed E-state index contributed by atoms with van der Waals surface area (Å²) >= 11 is 0. The van der Waals surface area contributed by atoms with Crippen LogP contribution < -0.4 is 0 Å². The highest BCUT2D eigenvalue weighted by molar-refractivity contribution is 6.74. The van der Waals surface area contributed by atoms with Crippen LogP contribution in [-0.2, 0) is 14.0 Å². The van der Waals surface area contributed by atoms with E-state index in [0.717, 1.165) is 6.42 Å². The SMILES string of the molecule is C[C@H]1C[C@@H](O[Si](C)(C)C(C)(C)C)[C@@H]2O[C@@H]2C1=O. The van der Waals surface area contributed by atoms with Crippen molar-refractivity contribution in [3.8, 4) is 0 Å². The fourth-order valence-corrected chi connectivity index (χ4v) is 3.53. The number of rotatable bonds is 2. The lowest BCUT2D eigenvalue weighted by Crippen LogP contribution is -2.48. The van der Waals surface area contributed by atoms with E-state index in [2.05, 4.69) is 33.9 Å². The first-order valence-corrected chi connectivity index (χ1v) is 9.41. The molecule has 1 saturated carbocycles. The van der Waals surface area contributed by atoms with Gasteiger partial charge < -0.3 is 9.16 Å². The van der Waals surface area contributed by atoms with E-state index in [-0.39, 0.29) is 35.1 Å². The number of epoxide rings is 1. The highest BCUT2D eigenvalue weighted by atomic mass is 28.4.